The van der Waals surface area contributed by atoms with Crippen molar-refractivity contribution >= 4 is 0 Å². The molecule has 2 N–H and O–H groups in total. The minimum absolute atomic E-state index is 0.0307. The van der Waals surface area contributed by atoms with E-state index in [0.29, 0.717) is 6.42 Å². The number of nitrogens with zero attached hydrogens (tertiary/aromatic N) is 5. The lowest BCUT2D eigenvalue weighted by atomic mass is 9.83. The van der Waals surface area contributed by atoms with Gasteiger partial charge < -0.3 is 15.2 Å². The SMILES string of the molecule is COc1ccccc1Cc1nc([C@H]2CC[C@@H](N)[C@H](OC)C2)n(-c2ccnn2C)n1. The van der Waals surface area contributed by atoms with Crippen LogP contribution in [0.1, 0.15) is 42.4 Å². The van der Waals surface area contributed by atoms with Crippen LogP contribution in [-0.2, 0) is 18.2 Å². The number of para-hydroxylation sites is 1. The smallest absolute Gasteiger partial charge is 0.155 e. The van der Waals surface area contributed by atoms with Crippen LogP contribution in [0.2, 0.25) is 0 Å². The monoisotopic (exact) mass is 396 g/mol. The summed E-state index contributed by atoms with van der Waals surface area (Å²) >= 11 is 0. The summed E-state index contributed by atoms with van der Waals surface area (Å²) in [5.41, 5.74) is 7.29. The highest BCUT2D eigenvalue weighted by atomic mass is 16.5. The third-order valence-corrected chi connectivity index (χ3v) is 5.74. The van der Waals surface area contributed by atoms with Gasteiger partial charge in [-0.2, -0.15) is 9.78 Å². The number of aromatic nitrogens is 5. The first-order valence-electron chi connectivity index (χ1n) is 9.95. The van der Waals surface area contributed by atoms with Crippen LogP contribution in [0.25, 0.3) is 5.82 Å². The highest BCUT2D eigenvalue weighted by Crippen LogP contribution is 2.34. The van der Waals surface area contributed by atoms with Crippen molar-refractivity contribution in [1.82, 2.24) is 24.5 Å². The zero-order valence-electron chi connectivity index (χ0n) is 17.2. The normalized spacial score (nSPS) is 22.0. The molecule has 154 valence electrons. The summed E-state index contributed by atoms with van der Waals surface area (Å²) in [6.07, 6.45) is 5.11. The highest BCUT2D eigenvalue weighted by molar-refractivity contribution is 5.35. The van der Waals surface area contributed by atoms with E-state index in [1.807, 2.05) is 46.7 Å². The molecule has 1 saturated carbocycles. The predicted molar refractivity (Wildman–Crippen MR) is 109 cm³/mol. The summed E-state index contributed by atoms with van der Waals surface area (Å²) in [6.45, 7) is 0. The number of nitrogens with two attached hydrogens (primary N) is 1. The second-order valence-corrected chi connectivity index (χ2v) is 7.55. The molecule has 29 heavy (non-hydrogen) atoms. The van der Waals surface area contributed by atoms with Crippen LogP contribution in [0, 0.1) is 0 Å². The average Bonchev–Trinajstić information content (AvgIpc) is 3.34. The topological polar surface area (TPSA) is 93.0 Å². The maximum absolute atomic E-state index is 6.23. The van der Waals surface area contributed by atoms with Crippen molar-refractivity contribution in [2.75, 3.05) is 14.2 Å². The Hall–Kier alpha value is -2.71. The standard InChI is InChI=1S/C21H28N6O2/c1-26-20(10-11-23-26)27-21(15-8-9-16(22)18(12-15)29-3)24-19(25-27)13-14-6-4-5-7-17(14)28-2/h4-7,10-11,15-16,18H,8-9,12-13,22H2,1-3H3/t15-,16+,18+/m0/s1. The van der Waals surface area contributed by atoms with Crippen molar-refractivity contribution in [2.24, 2.45) is 12.8 Å². The van der Waals surface area contributed by atoms with Gasteiger partial charge in [0.25, 0.3) is 0 Å². The second kappa shape index (κ2) is 8.34. The van der Waals surface area contributed by atoms with Crippen LogP contribution in [-0.4, -0.2) is 50.9 Å². The summed E-state index contributed by atoms with van der Waals surface area (Å²) in [5, 5.41) is 9.15. The van der Waals surface area contributed by atoms with Gasteiger partial charge in [-0.05, 0) is 25.3 Å². The van der Waals surface area contributed by atoms with Gasteiger partial charge in [-0.15, -0.1) is 5.10 Å². The number of hydrogen-bond acceptors (Lipinski definition) is 6. The van der Waals surface area contributed by atoms with E-state index in [4.69, 9.17) is 25.3 Å². The minimum atomic E-state index is 0.0307. The molecule has 1 aliphatic carbocycles. The van der Waals surface area contributed by atoms with E-state index in [1.165, 1.54) is 0 Å². The lowest BCUT2D eigenvalue weighted by molar-refractivity contribution is 0.0458. The molecule has 3 atom stereocenters. The third-order valence-electron chi connectivity index (χ3n) is 5.74. The van der Waals surface area contributed by atoms with Crippen molar-refractivity contribution in [2.45, 2.75) is 43.7 Å². The van der Waals surface area contributed by atoms with E-state index < -0.39 is 0 Å². The van der Waals surface area contributed by atoms with Gasteiger partial charge in [-0.25, -0.2) is 4.98 Å². The van der Waals surface area contributed by atoms with E-state index in [1.54, 1.807) is 20.4 Å². The van der Waals surface area contributed by atoms with Crippen molar-refractivity contribution in [3.05, 3.63) is 53.7 Å². The number of hydrogen-bond donors (Lipinski definition) is 1. The number of methoxy groups -OCH3 is 2. The van der Waals surface area contributed by atoms with Gasteiger partial charge in [0.1, 0.15) is 11.6 Å². The fourth-order valence-corrected chi connectivity index (χ4v) is 4.13. The zero-order chi connectivity index (χ0) is 20.4. The molecule has 1 aliphatic rings. The fourth-order valence-electron chi connectivity index (χ4n) is 4.13. The first kappa shape index (κ1) is 19.6. The molecule has 3 aromatic rings. The predicted octanol–water partition coefficient (Wildman–Crippen LogP) is 2.21. The Morgan fingerprint density at radius 2 is 2.00 bits per heavy atom. The van der Waals surface area contributed by atoms with E-state index in [9.17, 15) is 0 Å². The molecule has 0 amide bonds. The lowest BCUT2D eigenvalue weighted by Crippen LogP contribution is -2.41. The Morgan fingerprint density at radius 1 is 1.17 bits per heavy atom. The molecule has 1 aromatic carbocycles. The van der Waals surface area contributed by atoms with E-state index in [0.717, 1.165) is 48.0 Å². The first-order chi connectivity index (χ1) is 14.1. The molecular weight excluding hydrogens is 368 g/mol. The third kappa shape index (κ3) is 3.90. The summed E-state index contributed by atoms with van der Waals surface area (Å²) in [7, 11) is 5.32. The molecule has 2 heterocycles. The molecule has 0 spiro atoms. The maximum Gasteiger partial charge on any atom is 0.155 e. The molecule has 2 aromatic heterocycles. The Morgan fingerprint density at radius 3 is 2.72 bits per heavy atom. The van der Waals surface area contributed by atoms with Crippen LogP contribution >= 0.6 is 0 Å². The molecular formula is C21H28N6O2. The zero-order valence-corrected chi connectivity index (χ0v) is 17.2. The molecule has 0 saturated heterocycles. The van der Waals surface area contributed by atoms with E-state index >= 15 is 0 Å². The van der Waals surface area contributed by atoms with Crippen LogP contribution in [0.3, 0.4) is 0 Å². The Kier molecular flexibility index (Phi) is 5.64. The highest BCUT2D eigenvalue weighted by Gasteiger charge is 2.33. The molecule has 0 unspecified atom stereocenters. The van der Waals surface area contributed by atoms with Gasteiger partial charge in [-0.1, -0.05) is 18.2 Å². The van der Waals surface area contributed by atoms with Crippen molar-refractivity contribution < 1.29 is 9.47 Å². The number of benzene rings is 1. The molecule has 8 nitrogen and oxygen atoms in total. The molecule has 1 fully saturated rings. The van der Waals surface area contributed by atoms with Crippen molar-refractivity contribution in [3.63, 3.8) is 0 Å². The van der Waals surface area contributed by atoms with Crippen LogP contribution in [0.4, 0.5) is 0 Å². The van der Waals surface area contributed by atoms with Gasteiger partial charge in [0, 0.05) is 44.2 Å². The Balaban J connectivity index is 1.71. The van der Waals surface area contributed by atoms with Gasteiger partial charge in [-0.3, -0.25) is 4.68 Å². The lowest BCUT2D eigenvalue weighted by Gasteiger charge is -2.32. The quantitative estimate of drug-likeness (QED) is 0.687. The second-order valence-electron chi connectivity index (χ2n) is 7.55. The largest absolute Gasteiger partial charge is 0.496 e. The minimum Gasteiger partial charge on any atom is -0.496 e. The van der Waals surface area contributed by atoms with E-state index in [2.05, 4.69) is 5.10 Å². The molecule has 0 radical (unpaired) electrons. The number of rotatable bonds is 6. The van der Waals surface area contributed by atoms with Gasteiger partial charge in [0.15, 0.2) is 11.6 Å². The Labute approximate surface area is 170 Å². The average molecular weight is 396 g/mol. The van der Waals surface area contributed by atoms with Gasteiger partial charge >= 0.3 is 0 Å². The molecule has 4 rings (SSSR count). The van der Waals surface area contributed by atoms with Crippen LogP contribution in [0.5, 0.6) is 5.75 Å². The van der Waals surface area contributed by atoms with Gasteiger partial charge in [0.05, 0.1) is 19.4 Å². The van der Waals surface area contributed by atoms with Crippen LogP contribution in [0.15, 0.2) is 36.5 Å². The van der Waals surface area contributed by atoms with Crippen molar-refractivity contribution in [1.29, 1.82) is 0 Å². The molecule has 0 bridgehead atoms. The van der Waals surface area contributed by atoms with Gasteiger partial charge in [0.2, 0.25) is 0 Å². The van der Waals surface area contributed by atoms with Crippen LogP contribution < -0.4 is 10.5 Å². The summed E-state index contributed by atoms with van der Waals surface area (Å²) in [5.74, 6) is 3.66. The van der Waals surface area contributed by atoms with E-state index in [-0.39, 0.29) is 18.1 Å². The number of aryl methyl sites for hydroxylation is 1. The number of ether oxygens (including phenoxy) is 2. The Bertz CT molecular complexity index is 966. The first-order valence-corrected chi connectivity index (χ1v) is 9.95. The summed E-state index contributed by atoms with van der Waals surface area (Å²) < 4.78 is 14.9. The summed E-state index contributed by atoms with van der Waals surface area (Å²) in [4.78, 5) is 4.95. The fraction of sp³-hybridized carbons (Fsp3) is 0.476. The molecule has 0 aliphatic heterocycles. The maximum atomic E-state index is 6.23. The summed E-state index contributed by atoms with van der Waals surface area (Å²) in [6, 6.07) is 9.99. The molecule has 8 heteroatoms. The van der Waals surface area contributed by atoms with Crippen molar-refractivity contribution in [3.8, 4) is 11.6 Å².